The quantitative estimate of drug-likeness (QED) is 0.639. The van der Waals surface area contributed by atoms with Crippen LogP contribution in [0.25, 0.3) is 0 Å². The third-order valence-electron chi connectivity index (χ3n) is 4.38. The monoisotopic (exact) mass is 388 g/mol. The van der Waals surface area contributed by atoms with Gasteiger partial charge in [0.15, 0.2) is 5.82 Å². The number of nitrogens with one attached hydrogen (secondary N) is 2. The van der Waals surface area contributed by atoms with E-state index in [1.807, 2.05) is 25.1 Å². The van der Waals surface area contributed by atoms with E-state index in [0.717, 1.165) is 11.4 Å². The van der Waals surface area contributed by atoms with Crippen LogP contribution < -0.4 is 4.72 Å². The molecule has 144 valence electrons. The zero-order valence-electron chi connectivity index (χ0n) is 15.9. The molecule has 0 radical (unpaired) electrons. The van der Waals surface area contributed by atoms with Crippen molar-refractivity contribution >= 4 is 10.0 Å². The summed E-state index contributed by atoms with van der Waals surface area (Å²) in [7, 11) is -1.89. The van der Waals surface area contributed by atoms with Crippen LogP contribution in [-0.4, -0.2) is 39.9 Å². The molecule has 27 heavy (non-hydrogen) atoms. The van der Waals surface area contributed by atoms with E-state index in [-0.39, 0.29) is 11.4 Å². The van der Waals surface area contributed by atoms with Gasteiger partial charge in [0.05, 0.1) is 11.4 Å². The van der Waals surface area contributed by atoms with Gasteiger partial charge < -0.3 is 0 Å². The Bertz CT molecular complexity index is 1050. The smallest absolute Gasteiger partial charge is 0.244 e. The Labute approximate surface area is 159 Å². The zero-order valence-corrected chi connectivity index (χ0v) is 16.8. The zero-order chi connectivity index (χ0) is 19.6. The summed E-state index contributed by atoms with van der Waals surface area (Å²) in [6.07, 6.45) is 1.07. The molecule has 0 aliphatic heterocycles. The molecule has 0 aliphatic carbocycles. The number of hydrogen-bond acceptors (Lipinski definition) is 5. The van der Waals surface area contributed by atoms with Crippen molar-refractivity contribution in [3.8, 4) is 0 Å². The predicted octanol–water partition coefficient (Wildman–Crippen LogP) is 1.58. The molecule has 0 atom stereocenters. The number of H-pyrrole nitrogens is 1. The van der Waals surface area contributed by atoms with Crippen LogP contribution >= 0.6 is 0 Å². The summed E-state index contributed by atoms with van der Waals surface area (Å²) < 4.78 is 29.3. The van der Waals surface area contributed by atoms with Gasteiger partial charge in [0.25, 0.3) is 0 Å². The average Bonchev–Trinajstić information content (AvgIpc) is 3.11. The highest BCUT2D eigenvalue weighted by molar-refractivity contribution is 7.89. The molecule has 0 fully saturated rings. The number of hydrogen-bond donors (Lipinski definition) is 2. The molecule has 1 aromatic carbocycles. The second kappa shape index (κ2) is 7.61. The van der Waals surface area contributed by atoms with Gasteiger partial charge in [0, 0.05) is 26.4 Å². The molecular weight excluding hydrogens is 364 g/mol. The summed E-state index contributed by atoms with van der Waals surface area (Å²) in [6, 6.07) is 8.21. The van der Waals surface area contributed by atoms with Crippen LogP contribution in [0.5, 0.6) is 0 Å². The number of aromatic nitrogens is 5. The third-order valence-corrected chi connectivity index (χ3v) is 6.10. The normalized spacial score (nSPS) is 11.9. The first-order valence-corrected chi connectivity index (χ1v) is 10.2. The summed E-state index contributed by atoms with van der Waals surface area (Å²) in [4.78, 5) is 4.69. The number of nitrogens with zero attached hydrogens (tertiary/aromatic N) is 4. The lowest BCUT2D eigenvalue weighted by Gasteiger charge is -2.06. The summed E-state index contributed by atoms with van der Waals surface area (Å²) in [6.45, 7) is 5.70. The minimum absolute atomic E-state index is 0.220. The Hall–Kier alpha value is -2.52. The van der Waals surface area contributed by atoms with E-state index >= 15 is 0 Å². The first-order chi connectivity index (χ1) is 12.8. The molecular formula is C18H24N6O2S. The van der Waals surface area contributed by atoms with Gasteiger partial charge in [-0.3, -0.25) is 9.78 Å². The highest BCUT2D eigenvalue weighted by Gasteiger charge is 2.23. The Morgan fingerprint density at radius 3 is 2.67 bits per heavy atom. The van der Waals surface area contributed by atoms with Crippen LogP contribution in [0.1, 0.15) is 34.2 Å². The second-order valence-electron chi connectivity index (χ2n) is 6.64. The molecule has 0 amide bonds. The SMILES string of the molecule is Cc1cccc(Cc2nc(CCNS(=O)(=O)c3c(C)nn(C)c3C)n[nH]2)c1. The van der Waals surface area contributed by atoms with Gasteiger partial charge in [0.1, 0.15) is 10.7 Å². The van der Waals surface area contributed by atoms with Gasteiger partial charge >= 0.3 is 0 Å². The van der Waals surface area contributed by atoms with Gasteiger partial charge in [-0.2, -0.15) is 10.2 Å². The van der Waals surface area contributed by atoms with Crippen molar-refractivity contribution in [2.75, 3.05) is 6.54 Å². The molecule has 0 saturated heterocycles. The fourth-order valence-electron chi connectivity index (χ4n) is 3.05. The first-order valence-electron chi connectivity index (χ1n) is 8.72. The van der Waals surface area contributed by atoms with Gasteiger partial charge in [-0.05, 0) is 26.3 Å². The Kier molecular flexibility index (Phi) is 5.43. The van der Waals surface area contributed by atoms with E-state index in [9.17, 15) is 8.42 Å². The Morgan fingerprint density at radius 2 is 2.00 bits per heavy atom. The van der Waals surface area contributed by atoms with Crippen LogP contribution in [0.4, 0.5) is 0 Å². The molecule has 0 unspecified atom stereocenters. The molecule has 8 nitrogen and oxygen atoms in total. The number of benzene rings is 1. The van der Waals surface area contributed by atoms with Crippen LogP contribution in [0, 0.1) is 20.8 Å². The van der Waals surface area contributed by atoms with E-state index < -0.39 is 10.0 Å². The highest BCUT2D eigenvalue weighted by Crippen LogP contribution is 2.18. The van der Waals surface area contributed by atoms with Crippen molar-refractivity contribution < 1.29 is 8.42 Å². The molecule has 0 bridgehead atoms. The van der Waals surface area contributed by atoms with Crippen LogP contribution in [0.15, 0.2) is 29.2 Å². The van der Waals surface area contributed by atoms with E-state index in [1.165, 1.54) is 5.56 Å². The van der Waals surface area contributed by atoms with Gasteiger partial charge in [-0.15, -0.1) is 0 Å². The molecule has 2 heterocycles. The fraction of sp³-hybridized carbons (Fsp3) is 0.389. The summed E-state index contributed by atoms with van der Waals surface area (Å²) in [5.74, 6) is 1.34. The summed E-state index contributed by atoms with van der Waals surface area (Å²) in [5.41, 5.74) is 3.45. The molecule has 3 rings (SSSR count). The fourth-order valence-corrected chi connectivity index (χ4v) is 4.52. The van der Waals surface area contributed by atoms with E-state index in [4.69, 9.17) is 0 Å². The number of sulfonamides is 1. The van der Waals surface area contributed by atoms with Crippen LogP contribution in [-0.2, 0) is 29.9 Å². The largest absolute Gasteiger partial charge is 0.271 e. The van der Waals surface area contributed by atoms with Crippen molar-refractivity contribution in [1.82, 2.24) is 29.7 Å². The van der Waals surface area contributed by atoms with Crippen molar-refractivity contribution in [3.63, 3.8) is 0 Å². The maximum atomic E-state index is 12.5. The third kappa shape index (κ3) is 4.42. The van der Waals surface area contributed by atoms with E-state index in [2.05, 4.69) is 31.1 Å². The second-order valence-corrected chi connectivity index (χ2v) is 8.34. The molecule has 2 N–H and O–H groups in total. The molecule has 0 aliphatic rings. The minimum Gasteiger partial charge on any atom is -0.271 e. The maximum Gasteiger partial charge on any atom is 0.244 e. The maximum absolute atomic E-state index is 12.5. The minimum atomic E-state index is -3.62. The van der Waals surface area contributed by atoms with Gasteiger partial charge in [0.2, 0.25) is 10.0 Å². The first kappa shape index (κ1) is 19.2. The summed E-state index contributed by atoms with van der Waals surface area (Å²) >= 11 is 0. The molecule has 9 heteroatoms. The van der Waals surface area contributed by atoms with E-state index in [1.54, 1.807) is 25.6 Å². The van der Waals surface area contributed by atoms with Crippen molar-refractivity contribution in [3.05, 3.63) is 58.4 Å². The topological polar surface area (TPSA) is 106 Å². The van der Waals surface area contributed by atoms with Crippen molar-refractivity contribution in [1.29, 1.82) is 0 Å². The molecule has 0 saturated carbocycles. The molecule has 3 aromatic rings. The molecule has 0 spiro atoms. The molecule has 2 aromatic heterocycles. The number of aromatic amines is 1. The van der Waals surface area contributed by atoms with Crippen molar-refractivity contribution in [2.24, 2.45) is 7.05 Å². The van der Waals surface area contributed by atoms with Crippen LogP contribution in [0.3, 0.4) is 0 Å². The van der Waals surface area contributed by atoms with Gasteiger partial charge in [-0.25, -0.2) is 18.1 Å². The standard InChI is InChI=1S/C18H24N6O2S/c1-12-6-5-7-15(10-12)11-17-20-16(21-22-17)8-9-19-27(25,26)18-13(2)23-24(4)14(18)3/h5-7,10,19H,8-9,11H2,1-4H3,(H,20,21,22). The van der Waals surface area contributed by atoms with Crippen molar-refractivity contribution in [2.45, 2.75) is 38.5 Å². The lowest BCUT2D eigenvalue weighted by Crippen LogP contribution is -2.27. The average molecular weight is 388 g/mol. The highest BCUT2D eigenvalue weighted by atomic mass is 32.2. The Morgan fingerprint density at radius 1 is 1.22 bits per heavy atom. The predicted molar refractivity (Wildman–Crippen MR) is 102 cm³/mol. The van der Waals surface area contributed by atoms with Gasteiger partial charge in [-0.1, -0.05) is 29.8 Å². The Balaban J connectivity index is 1.60. The summed E-state index contributed by atoms with van der Waals surface area (Å²) in [5, 5.41) is 11.3. The number of aryl methyl sites for hydroxylation is 3. The van der Waals surface area contributed by atoms with E-state index in [0.29, 0.717) is 30.1 Å². The van der Waals surface area contributed by atoms with Crippen LogP contribution in [0.2, 0.25) is 0 Å². The lowest BCUT2D eigenvalue weighted by atomic mass is 10.1. The lowest BCUT2D eigenvalue weighted by molar-refractivity contribution is 0.579. The number of rotatable bonds is 7.